The lowest BCUT2D eigenvalue weighted by Crippen LogP contribution is -2.54. The van der Waals surface area contributed by atoms with E-state index in [0.29, 0.717) is 38.5 Å². The number of ether oxygens (including phenoxy) is 2. The molecule has 0 N–H and O–H groups in total. The topological polar surface area (TPSA) is 55.8 Å². The zero-order valence-electron chi connectivity index (χ0n) is 15.3. The summed E-state index contributed by atoms with van der Waals surface area (Å²) in [7, 11) is 0. The minimum atomic E-state index is -0.318. The van der Waals surface area contributed by atoms with E-state index in [1.807, 2.05) is 49.9 Å². The molecule has 0 unspecified atom stereocenters. The molecule has 2 saturated heterocycles. The molecule has 25 heavy (non-hydrogen) atoms. The number of benzene rings is 1. The molecule has 0 aliphatic carbocycles. The van der Waals surface area contributed by atoms with Gasteiger partial charge in [0.2, 0.25) is 5.91 Å². The number of rotatable bonds is 4. The Morgan fingerprint density at radius 1 is 1.12 bits per heavy atom. The summed E-state index contributed by atoms with van der Waals surface area (Å²) in [5.41, 5.74) is 1.32. The third kappa shape index (κ3) is 3.77. The number of Topliss-reactive ketones (excluding diaryl/α,β-unsaturated/α-hetero) is 1. The minimum absolute atomic E-state index is 0.0249. The smallest absolute Gasteiger partial charge is 0.230 e. The van der Waals surface area contributed by atoms with Crippen LogP contribution in [-0.4, -0.2) is 55.1 Å². The summed E-state index contributed by atoms with van der Waals surface area (Å²) in [6.45, 7) is 8.75. The van der Waals surface area contributed by atoms with Gasteiger partial charge in [-0.05, 0) is 12.5 Å². The van der Waals surface area contributed by atoms with Crippen LogP contribution >= 0.6 is 0 Å². The zero-order valence-corrected chi connectivity index (χ0v) is 15.3. The van der Waals surface area contributed by atoms with Gasteiger partial charge in [0.25, 0.3) is 0 Å². The molecule has 1 aromatic carbocycles. The predicted octanol–water partition coefficient (Wildman–Crippen LogP) is 2.65. The molecule has 0 bridgehead atoms. The Morgan fingerprint density at radius 2 is 1.84 bits per heavy atom. The van der Waals surface area contributed by atoms with Gasteiger partial charge in [-0.2, -0.15) is 0 Å². The number of carbonyl (C=O) groups is 2. The molecular weight excluding hydrogens is 318 g/mol. The van der Waals surface area contributed by atoms with Gasteiger partial charge in [0, 0.05) is 31.1 Å². The average molecular weight is 345 g/mol. The van der Waals surface area contributed by atoms with Gasteiger partial charge < -0.3 is 14.4 Å². The summed E-state index contributed by atoms with van der Waals surface area (Å²) in [6.07, 6.45) is 0.844. The summed E-state index contributed by atoms with van der Waals surface area (Å²) in [6, 6.07) is 7.44. The number of carbonyl (C=O) groups excluding carboxylic acids is 2. The van der Waals surface area contributed by atoms with Crippen molar-refractivity contribution in [3.8, 4) is 0 Å². The van der Waals surface area contributed by atoms with Crippen LogP contribution in [0.3, 0.4) is 0 Å². The predicted molar refractivity (Wildman–Crippen MR) is 94.7 cm³/mol. The van der Waals surface area contributed by atoms with Crippen molar-refractivity contribution in [2.45, 2.75) is 38.7 Å². The first-order valence-electron chi connectivity index (χ1n) is 9.06. The second-order valence-electron chi connectivity index (χ2n) is 7.46. The third-order valence-corrected chi connectivity index (χ3v) is 5.22. The van der Waals surface area contributed by atoms with Gasteiger partial charge in [-0.3, -0.25) is 9.59 Å². The number of nitrogens with zero attached hydrogens (tertiary/aromatic N) is 1. The molecule has 1 spiro atoms. The molecular formula is C20H27NO4. The van der Waals surface area contributed by atoms with Crippen LogP contribution in [0.5, 0.6) is 0 Å². The minimum Gasteiger partial charge on any atom is -0.378 e. The van der Waals surface area contributed by atoms with Gasteiger partial charge in [-0.25, -0.2) is 0 Å². The van der Waals surface area contributed by atoms with Crippen molar-refractivity contribution in [3.63, 3.8) is 0 Å². The van der Waals surface area contributed by atoms with Crippen LogP contribution < -0.4 is 0 Å². The highest BCUT2D eigenvalue weighted by atomic mass is 16.6. The van der Waals surface area contributed by atoms with E-state index in [-0.39, 0.29) is 29.1 Å². The normalized spacial score (nSPS) is 24.7. The number of amides is 1. The standard InChI is InChI=1S/C20H27NO4/c1-14(2)18(22)17-6-4-16(5-7-17)15(3)19(23)21-9-11-25-20(12-21)8-10-24-13-20/h4-7,14-15H,8-13H2,1-3H3/t15-,20+/m0/s1. The van der Waals surface area contributed by atoms with Crippen LogP contribution in [0.2, 0.25) is 0 Å². The summed E-state index contributed by atoms with van der Waals surface area (Å²) in [4.78, 5) is 26.9. The van der Waals surface area contributed by atoms with E-state index in [4.69, 9.17) is 9.47 Å². The average Bonchev–Trinajstić information content (AvgIpc) is 3.07. The van der Waals surface area contributed by atoms with Crippen molar-refractivity contribution in [2.75, 3.05) is 32.9 Å². The number of ketones is 1. The number of hydrogen-bond acceptors (Lipinski definition) is 4. The Hall–Kier alpha value is -1.72. The van der Waals surface area contributed by atoms with Crippen LogP contribution in [0.4, 0.5) is 0 Å². The van der Waals surface area contributed by atoms with E-state index in [9.17, 15) is 9.59 Å². The van der Waals surface area contributed by atoms with Crippen molar-refractivity contribution in [1.29, 1.82) is 0 Å². The van der Waals surface area contributed by atoms with Gasteiger partial charge in [-0.1, -0.05) is 38.1 Å². The summed E-state index contributed by atoms with van der Waals surface area (Å²) >= 11 is 0. The second-order valence-corrected chi connectivity index (χ2v) is 7.46. The first kappa shape index (κ1) is 18.1. The highest BCUT2D eigenvalue weighted by Gasteiger charge is 2.42. The van der Waals surface area contributed by atoms with Crippen molar-refractivity contribution >= 4 is 11.7 Å². The van der Waals surface area contributed by atoms with Crippen molar-refractivity contribution in [1.82, 2.24) is 4.90 Å². The lowest BCUT2D eigenvalue weighted by Gasteiger charge is -2.40. The summed E-state index contributed by atoms with van der Waals surface area (Å²) < 4.78 is 11.4. The van der Waals surface area contributed by atoms with Gasteiger partial charge in [0.1, 0.15) is 5.60 Å². The largest absolute Gasteiger partial charge is 0.378 e. The molecule has 2 aliphatic rings. The summed E-state index contributed by atoms with van der Waals surface area (Å²) in [5, 5.41) is 0. The maximum atomic E-state index is 12.9. The third-order valence-electron chi connectivity index (χ3n) is 5.22. The van der Waals surface area contributed by atoms with Gasteiger partial charge >= 0.3 is 0 Å². The summed E-state index contributed by atoms with van der Waals surface area (Å²) in [5.74, 6) is -0.0249. The molecule has 1 aromatic rings. The van der Waals surface area contributed by atoms with E-state index in [2.05, 4.69) is 0 Å². The first-order chi connectivity index (χ1) is 11.9. The molecule has 5 nitrogen and oxygen atoms in total. The van der Waals surface area contributed by atoms with Crippen LogP contribution in [0.25, 0.3) is 0 Å². The number of morpholine rings is 1. The van der Waals surface area contributed by atoms with E-state index < -0.39 is 0 Å². The Bertz CT molecular complexity index is 632. The van der Waals surface area contributed by atoms with E-state index >= 15 is 0 Å². The van der Waals surface area contributed by atoms with Crippen LogP contribution in [0.1, 0.15) is 49.0 Å². The molecule has 2 aliphatic heterocycles. The van der Waals surface area contributed by atoms with Crippen molar-refractivity contribution in [3.05, 3.63) is 35.4 Å². The molecule has 5 heteroatoms. The van der Waals surface area contributed by atoms with Crippen LogP contribution in [0, 0.1) is 5.92 Å². The van der Waals surface area contributed by atoms with Gasteiger partial charge in [0.15, 0.2) is 5.78 Å². The molecule has 3 rings (SSSR count). The molecule has 2 atom stereocenters. The fourth-order valence-corrected chi connectivity index (χ4v) is 3.55. The molecule has 2 heterocycles. The SMILES string of the molecule is CC(C)C(=O)c1ccc([C@H](C)C(=O)N2CCO[C@]3(CCOC3)C2)cc1. The maximum absolute atomic E-state index is 12.9. The van der Waals surface area contributed by atoms with E-state index in [0.717, 1.165) is 12.0 Å². The molecule has 0 saturated carbocycles. The lowest BCUT2D eigenvalue weighted by atomic mass is 9.94. The zero-order chi connectivity index (χ0) is 18.0. The van der Waals surface area contributed by atoms with Crippen molar-refractivity contribution in [2.24, 2.45) is 5.92 Å². The number of hydrogen-bond donors (Lipinski definition) is 0. The molecule has 2 fully saturated rings. The van der Waals surface area contributed by atoms with E-state index in [1.165, 1.54) is 0 Å². The quantitative estimate of drug-likeness (QED) is 0.787. The second kappa shape index (κ2) is 7.26. The lowest BCUT2D eigenvalue weighted by molar-refractivity contribution is -0.151. The van der Waals surface area contributed by atoms with Gasteiger partial charge in [-0.15, -0.1) is 0 Å². The van der Waals surface area contributed by atoms with Gasteiger partial charge in [0.05, 0.1) is 25.7 Å². The Morgan fingerprint density at radius 3 is 2.44 bits per heavy atom. The molecule has 0 radical (unpaired) electrons. The first-order valence-corrected chi connectivity index (χ1v) is 9.06. The monoisotopic (exact) mass is 345 g/mol. The highest BCUT2D eigenvalue weighted by Crippen LogP contribution is 2.29. The fraction of sp³-hybridized carbons (Fsp3) is 0.600. The molecule has 136 valence electrons. The Labute approximate surface area is 149 Å². The van der Waals surface area contributed by atoms with Crippen molar-refractivity contribution < 1.29 is 19.1 Å². The highest BCUT2D eigenvalue weighted by molar-refractivity contribution is 5.97. The molecule has 0 aromatic heterocycles. The Balaban J connectivity index is 1.68. The Kier molecular flexibility index (Phi) is 5.25. The maximum Gasteiger partial charge on any atom is 0.230 e. The molecule has 1 amide bonds. The van der Waals surface area contributed by atoms with E-state index in [1.54, 1.807) is 0 Å². The van der Waals surface area contributed by atoms with Crippen LogP contribution in [0.15, 0.2) is 24.3 Å². The van der Waals surface area contributed by atoms with Crippen LogP contribution in [-0.2, 0) is 14.3 Å². The fourth-order valence-electron chi connectivity index (χ4n) is 3.55.